The molecule has 1 aliphatic carbocycles. The summed E-state index contributed by atoms with van der Waals surface area (Å²) in [6.07, 6.45) is 2.95. The average Bonchev–Trinajstić information content (AvgIpc) is 3.00. The van der Waals surface area contributed by atoms with Crippen molar-refractivity contribution in [2.45, 2.75) is 58.9 Å². The van der Waals surface area contributed by atoms with Gasteiger partial charge in [-0.2, -0.15) is 0 Å². The molecule has 180 valence electrons. The number of carbonyl (C=O) groups excluding carboxylic acids is 3. The minimum absolute atomic E-state index is 0.168. The van der Waals surface area contributed by atoms with E-state index in [9.17, 15) is 14.4 Å². The molecule has 2 aromatic rings. The molecule has 2 N–H and O–H groups in total. The van der Waals surface area contributed by atoms with Gasteiger partial charge in [0.2, 0.25) is 5.91 Å². The molecule has 1 saturated heterocycles. The summed E-state index contributed by atoms with van der Waals surface area (Å²) >= 11 is 0. The monoisotopic (exact) mass is 463 g/mol. The Morgan fingerprint density at radius 2 is 1.74 bits per heavy atom. The lowest BCUT2D eigenvalue weighted by Gasteiger charge is -2.40. The van der Waals surface area contributed by atoms with E-state index in [1.54, 1.807) is 18.2 Å². The predicted octanol–water partition coefficient (Wildman–Crippen LogP) is 5.25. The molecule has 7 nitrogen and oxygen atoms in total. The molecule has 0 bridgehead atoms. The van der Waals surface area contributed by atoms with Crippen LogP contribution in [0.15, 0.2) is 48.5 Å². The van der Waals surface area contributed by atoms with Crippen LogP contribution in [-0.2, 0) is 9.59 Å². The van der Waals surface area contributed by atoms with E-state index in [2.05, 4.69) is 31.4 Å². The fourth-order valence-corrected chi connectivity index (χ4v) is 4.86. The van der Waals surface area contributed by atoms with Gasteiger partial charge in [0.15, 0.2) is 5.75 Å². The first kappa shape index (κ1) is 23.8. The van der Waals surface area contributed by atoms with Gasteiger partial charge in [-0.3, -0.25) is 14.5 Å². The Hall–Kier alpha value is -3.35. The number of rotatable bonds is 5. The zero-order valence-corrected chi connectivity index (χ0v) is 20.3. The molecule has 1 aliphatic heterocycles. The van der Waals surface area contributed by atoms with Crippen LogP contribution in [0.2, 0.25) is 0 Å². The zero-order valence-electron chi connectivity index (χ0n) is 20.3. The molecule has 2 aliphatic rings. The first-order chi connectivity index (χ1) is 16.1. The molecule has 2 aromatic carbocycles. The molecule has 0 aromatic heterocycles. The minimum atomic E-state index is -0.883. The smallest absolute Gasteiger partial charge is 0.325 e. The third-order valence-corrected chi connectivity index (χ3v) is 7.02. The number of anilines is 1. The van der Waals surface area contributed by atoms with Crippen molar-refractivity contribution >= 4 is 23.5 Å². The highest BCUT2D eigenvalue weighted by Crippen LogP contribution is 2.43. The molecule has 0 atom stereocenters. The third kappa shape index (κ3) is 4.93. The Morgan fingerprint density at radius 1 is 1.09 bits per heavy atom. The van der Waals surface area contributed by atoms with Gasteiger partial charge in [0.05, 0.1) is 5.69 Å². The number of imide groups is 1. The lowest BCUT2D eigenvalue weighted by molar-refractivity contribution is -0.135. The Balaban J connectivity index is 1.41. The summed E-state index contributed by atoms with van der Waals surface area (Å²) in [5, 5.41) is 5.68. The minimum Gasteiger partial charge on any atom is -0.455 e. The summed E-state index contributed by atoms with van der Waals surface area (Å²) in [6, 6.07) is 14.2. The number of carbonyl (C=O) groups is 3. The quantitative estimate of drug-likeness (QED) is 0.593. The fourth-order valence-electron chi connectivity index (χ4n) is 4.86. The number of hydrogen-bond acceptors (Lipinski definition) is 4. The summed E-state index contributed by atoms with van der Waals surface area (Å²) in [4.78, 5) is 39.7. The van der Waals surface area contributed by atoms with Gasteiger partial charge >= 0.3 is 6.03 Å². The van der Waals surface area contributed by atoms with Crippen molar-refractivity contribution in [1.82, 2.24) is 10.2 Å². The second kappa shape index (κ2) is 9.12. The van der Waals surface area contributed by atoms with Crippen LogP contribution in [0.4, 0.5) is 10.5 Å². The van der Waals surface area contributed by atoms with Crippen molar-refractivity contribution in [3.63, 3.8) is 0 Å². The van der Waals surface area contributed by atoms with Crippen molar-refractivity contribution in [2.24, 2.45) is 11.3 Å². The molecule has 1 spiro atoms. The molecule has 4 rings (SSSR count). The van der Waals surface area contributed by atoms with E-state index in [1.165, 1.54) is 0 Å². The molecule has 1 saturated carbocycles. The average molecular weight is 464 g/mol. The predicted molar refractivity (Wildman–Crippen MR) is 131 cm³/mol. The summed E-state index contributed by atoms with van der Waals surface area (Å²) < 4.78 is 5.93. The van der Waals surface area contributed by atoms with E-state index in [0.29, 0.717) is 35.9 Å². The molecule has 0 radical (unpaired) electrons. The van der Waals surface area contributed by atoms with Gasteiger partial charge in [-0.25, -0.2) is 4.79 Å². The second-order valence-corrected chi connectivity index (χ2v) is 10.5. The summed E-state index contributed by atoms with van der Waals surface area (Å²) in [7, 11) is 0. The van der Waals surface area contributed by atoms with Crippen molar-refractivity contribution in [3.05, 3.63) is 54.1 Å². The van der Waals surface area contributed by atoms with Crippen molar-refractivity contribution in [3.8, 4) is 11.5 Å². The van der Waals surface area contributed by atoms with E-state index >= 15 is 0 Å². The zero-order chi connectivity index (χ0) is 24.5. The van der Waals surface area contributed by atoms with Crippen LogP contribution >= 0.6 is 0 Å². The van der Waals surface area contributed by atoms with Crippen LogP contribution in [0, 0.1) is 18.3 Å². The van der Waals surface area contributed by atoms with Crippen molar-refractivity contribution in [1.29, 1.82) is 0 Å². The topological polar surface area (TPSA) is 87.7 Å². The largest absolute Gasteiger partial charge is 0.455 e. The maximum absolute atomic E-state index is 13.2. The van der Waals surface area contributed by atoms with Crippen LogP contribution in [0.1, 0.15) is 52.0 Å². The molecule has 0 unspecified atom stereocenters. The number of urea groups is 1. The molecule has 4 amide bonds. The molecule has 2 fully saturated rings. The number of amides is 4. The van der Waals surface area contributed by atoms with Crippen molar-refractivity contribution < 1.29 is 19.1 Å². The summed E-state index contributed by atoms with van der Waals surface area (Å²) in [5.41, 5.74) is 0.875. The Morgan fingerprint density at radius 3 is 2.38 bits per heavy atom. The number of hydrogen-bond donors (Lipinski definition) is 2. The lowest BCUT2D eigenvalue weighted by atomic mass is 9.67. The number of para-hydroxylation sites is 2. The molecule has 34 heavy (non-hydrogen) atoms. The van der Waals surface area contributed by atoms with Gasteiger partial charge < -0.3 is 15.4 Å². The number of benzene rings is 2. The lowest BCUT2D eigenvalue weighted by Crippen LogP contribution is -2.50. The van der Waals surface area contributed by atoms with Gasteiger partial charge in [0, 0.05) is 0 Å². The van der Waals surface area contributed by atoms with E-state index < -0.39 is 17.5 Å². The summed E-state index contributed by atoms with van der Waals surface area (Å²) in [5.74, 6) is 0.876. The molecular weight excluding hydrogens is 430 g/mol. The number of nitrogens with zero attached hydrogens (tertiary/aromatic N) is 1. The van der Waals surface area contributed by atoms with E-state index in [0.717, 1.165) is 23.3 Å². The van der Waals surface area contributed by atoms with Crippen LogP contribution in [0.5, 0.6) is 11.5 Å². The number of aryl methyl sites for hydroxylation is 1. The van der Waals surface area contributed by atoms with Gasteiger partial charge in [0.1, 0.15) is 17.8 Å². The normalized spacial score (nSPS) is 22.6. The Labute approximate surface area is 200 Å². The van der Waals surface area contributed by atoms with Crippen molar-refractivity contribution in [2.75, 3.05) is 11.9 Å². The standard InChI is InChI=1S/C27H33N3O4/c1-18-9-11-20(12-10-18)34-22-8-6-5-7-21(22)28-23(31)17-30-24(32)27(29-25(30)33)15-13-19(14-16-27)26(2,3)4/h5-12,19H,13-17H2,1-4H3,(H,28,31)(H,29,33). The highest BCUT2D eigenvalue weighted by Gasteiger charge is 2.53. The van der Waals surface area contributed by atoms with E-state index in [1.807, 2.05) is 37.3 Å². The van der Waals surface area contributed by atoms with Crippen LogP contribution < -0.4 is 15.4 Å². The van der Waals surface area contributed by atoms with Crippen LogP contribution in [0.3, 0.4) is 0 Å². The first-order valence-corrected chi connectivity index (χ1v) is 11.8. The van der Waals surface area contributed by atoms with Gasteiger partial charge in [-0.1, -0.05) is 50.6 Å². The number of nitrogens with one attached hydrogen (secondary N) is 2. The van der Waals surface area contributed by atoms with E-state index in [-0.39, 0.29) is 17.9 Å². The first-order valence-electron chi connectivity index (χ1n) is 11.8. The van der Waals surface area contributed by atoms with Gasteiger partial charge in [-0.05, 0) is 68.2 Å². The van der Waals surface area contributed by atoms with E-state index in [4.69, 9.17) is 4.74 Å². The second-order valence-electron chi connectivity index (χ2n) is 10.5. The SMILES string of the molecule is Cc1ccc(Oc2ccccc2NC(=O)CN2C(=O)NC3(CCC(C(C)(C)C)CC3)C2=O)cc1. The van der Waals surface area contributed by atoms with Crippen LogP contribution in [-0.4, -0.2) is 34.8 Å². The third-order valence-electron chi connectivity index (χ3n) is 7.02. The maximum atomic E-state index is 13.2. The van der Waals surface area contributed by atoms with Gasteiger partial charge in [-0.15, -0.1) is 0 Å². The fraction of sp³-hybridized carbons (Fsp3) is 0.444. The Kier molecular flexibility index (Phi) is 6.39. The Bertz CT molecular complexity index is 1080. The van der Waals surface area contributed by atoms with Gasteiger partial charge in [0.25, 0.3) is 5.91 Å². The molecular formula is C27H33N3O4. The highest BCUT2D eigenvalue weighted by molar-refractivity contribution is 6.10. The molecule has 7 heteroatoms. The maximum Gasteiger partial charge on any atom is 0.325 e. The molecule has 1 heterocycles. The summed E-state index contributed by atoms with van der Waals surface area (Å²) in [6.45, 7) is 8.29. The highest BCUT2D eigenvalue weighted by atomic mass is 16.5. The van der Waals surface area contributed by atoms with Crippen LogP contribution in [0.25, 0.3) is 0 Å². The number of ether oxygens (including phenoxy) is 1.